The lowest BCUT2D eigenvalue weighted by Crippen LogP contribution is -2.03. The van der Waals surface area contributed by atoms with Gasteiger partial charge in [0.15, 0.2) is 0 Å². The van der Waals surface area contributed by atoms with E-state index < -0.39 is 0 Å². The van der Waals surface area contributed by atoms with E-state index in [2.05, 4.69) is 38.1 Å². The van der Waals surface area contributed by atoms with Crippen molar-refractivity contribution in [2.75, 3.05) is 5.73 Å². The smallest absolute Gasteiger partial charge is 0.131 e. The summed E-state index contributed by atoms with van der Waals surface area (Å²) in [5, 5.41) is 0. The summed E-state index contributed by atoms with van der Waals surface area (Å²) >= 11 is 0. The molecule has 3 rings (SSSR count). The van der Waals surface area contributed by atoms with Crippen molar-refractivity contribution in [3.8, 4) is 11.3 Å². The first kappa shape index (κ1) is 12.3. The van der Waals surface area contributed by atoms with Crippen molar-refractivity contribution in [1.29, 1.82) is 0 Å². The first-order valence-electron chi connectivity index (χ1n) is 7.01. The van der Waals surface area contributed by atoms with Crippen molar-refractivity contribution in [2.45, 2.75) is 38.5 Å². The number of anilines is 1. The highest BCUT2D eigenvalue weighted by Crippen LogP contribution is 2.45. The number of hydrogen-bond acceptors (Lipinski definition) is 2. The number of benzene rings is 1. The molecule has 1 aromatic heterocycles. The molecule has 0 atom stereocenters. The van der Waals surface area contributed by atoms with Crippen LogP contribution in [0.2, 0.25) is 0 Å². The van der Waals surface area contributed by atoms with Crippen LogP contribution in [0.3, 0.4) is 0 Å². The van der Waals surface area contributed by atoms with E-state index in [9.17, 15) is 0 Å². The summed E-state index contributed by atoms with van der Waals surface area (Å²) in [6.07, 6.45) is 2.58. The summed E-state index contributed by atoms with van der Waals surface area (Å²) < 4.78 is 2.02. The lowest BCUT2D eigenvalue weighted by molar-refractivity contribution is 0.715. The first-order valence-corrected chi connectivity index (χ1v) is 7.01. The number of hydrogen-bond donors (Lipinski definition) is 1. The van der Waals surface area contributed by atoms with E-state index in [0.29, 0.717) is 11.8 Å². The highest BCUT2D eigenvalue weighted by Gasteiger charge is 2.28. The van der Waals surface area contributed by atoms with Gasteiger partial charge in [-0.15, -0.1) is 0 Å². The third kappa shape index (κ3) is 2.03. The molecule has 2 N–H and O–H groups in total. The Labute approximate surface area is 114 Å². The molecule has 19 heavy (non-hydrogen) atoms. The van der Waals surface area contributed by atoms with E-state index in [4.69, 9.17) is 10.7 Å². The molecule has 1 aromatic carbocycles. The molecule has 3 heteroatoms. The lowest BCUT2D eigenvalue weighted by Gasteiger charge is -2.07. The number of aromatic nitrogens is 2. The summed E-state index contributed by atoms with van der Waals surface area (Å²) in [5.41, 5.74) is 9.83. The molecule has 3 nitrogen and oxygen atoms in total. The van der Waals surface area contributed by atoms with Gasteiger partial charge >= 0.3 is 0 Å². The summed E-state index contributed by atoms with van der Waals surface area (Å²) in [6, 6.07) is 8.55. The van der Waals surface area contributed by atoms with Gasteiger partial charge in [0.1, 0.15) is 17.3 Å². The molecule has 0 radical (unpaired) electrons. The van der Waals surface area contributed by atoms with Gasteiger partial charge in [-0.1, -0.05) is 38.1 Å². The van der Waals surface area contributed by atoms with Crippen molar-refractivity contribution in [3.63, 3.8) is 0 Å². The topological polar surface area (TPSA) is 43.8 Å². The largest absolute Gasteiger partial charge is 0.383 e. The van der Waals surface area contributed by atoms with Crippen LogP contribution in [0, 0.1) is 0 Å². The van der Waals surface area contributed by atoms with Gasteiger partial charge in [-0.2, -0.15) is 0 Å². The Balaban J connectivity index is 2.14. The zero-order valence-corrected chi connectivity index (χ0v) is 11.9. The minimum absolute atomic E-state index is 0.383. The number of nitrogens with zero attached hydrogens (tertiary/aromatic N) is 2. The van der Waals surface area contributed by atoms with E-state index in [-0.39, 0.29) is 0 Å². The SMILES string of the molecule is CC(C)c1nc(-c2ccccc2C2CC2)c(N)n1C. The number of rotatable bonds is 3. The third-order valence-corrected chi connectivity index (χ3v) is 3.92. The molecular weight excluding hydrogens is 234 g/mol. The molecule has 1 saturated carbocycles. The maximum atomic E-state index is 6.26. The molecule has 0 bridgehead atoms. The Morgan fingerprint density at radius 1 is 1.26 bits per heavy atom. The van der Waals surface area contributed by atoms with Crippen LogP contribution in [-0.2, 0) is 7.05 Å². The number of imidazole rings is 1. The Kier molecular flexibility index (Phi) is 2.85. The molecule has 0 spiro atoms. The van der Waals surface area contributed by atoms with E-state index >= 15 is 0 Å². The maximum absolute atomic E-state index is 6.26. The molecule has 0 amide bonds. The fourth-order valence-corrected chi connectivity index (χ4v) is 2.71. The highest BCUT2D eigenvalue weighted by molar-refractivity contribution is 5.74. The van der Waals surface area contributed by atoms with Crippen molar-refractivity contribution in [1.82, 2.24) is 9.55 Å². The molecule has 0 saturated heterocycles. The normalized spacial score (nSPS) is 15.2. The Morgan fingerprint density at radius 2 is 1.95 bits per heavy atom. The third-order valence-electron chi connectivity index (χ3n) is 3.92. The maximum Gasteiger partial charge on any atom is 0.131 e. The predicted molar refractivity (Wildman–Crippen MR) is 79.1 cm³/mol. The average Bonchev–Trinajstić information content (AvgIpc) is 3.18. The molecule has 1 aliphatic rings. The monoisotopic (exact) mass is 255 g/mol. The van der Waals surface area contributed by atoms with Gasteiger partial charge in [-0.25, -0.2) is 4.98 Å². The predicted octanol–water partition coefficient (Wildman–Crippen LogP) is 3.67. The summed E-state index contributed by atoms with van der Waals surface area (Å²) in [7, 11) is 2.00. The van der Waals surface area contributed by atoms with Gasteiger partial charge < -0.3 is 10.3 Å². The molecule has 2 aromatic rings. The van der Waals surface area contributed by atoms with E-state index in [1.807, 2.05) is 11.6 Å². The van der Waals surface area contributed by atoms with Gasteiger partial charge in [0, 0.05) is 18.5 Å². The first-order chi connectivity index (χ1) is 9.09. The zero-order valence-electron chi connectivity index (χ0n) is 11.9. The van der Waals surface area contributed by atoms with Crippen molar-refractivity contribution >= 4 is 5.82 Å². The van der Waals surface area contributed by atoms with Crippen molar-refractivity contribution in [2.24, 2.45) is 7.05 Å². The van der Waals surface area contributed by atoms with Gasteiger partial charge in [0.25, 0.3) is 0 Å². The lowest BCUT2D eigenvalue weighted by atomic mass is 10.0. The zero-order chi connectivity index (χ0) is 13.6. The minimum atomic E-state index is 0.383. The number of nitrogen functional groups attached to an aromatic ring is 1. The standard InChI is InChI=1S/C16H21N3/c1-10(2)16-18-14(15(17)19(16)3)13-7-5-4-6-12(13)11-8-9-11/h4-7,10-11H,8-9,17H2,1-3H3. The molecule has 1 heterocycles. The van der Waals surface area contributed by atoms with Crippen LogP contribution >= 0.6 is 0 Å². The molecule has 1 fully saturated rings. The average molecular weight is 255 g/mol. The molecule has 0 unspecified atom stereocenters. The molecule has 1 aliphatic carbocycles. The molecule has 100 valence electrons. The summed E-state index contributed by atoms with van der Waals surface area (Å²) in [6.45, 7) is 4.30. The van der Waals surface area contributed by atoms with E-state index in [1.165, 1.54) is 24.0 Å². The second-order valence-electron chi connectivity index (χ2n) is 5.78. The van der Waals surface area contributed by atoms with Crippen LogP contribution in [0.25, 0.3) is 11.3 Å². The highest BCUT2D eigenvalue weighted by atomic mass is 15.1. The van der Waals surface area contributed by atoms with Gasteiger partial charge in [0.2, 0.25) is 0 Å². The van der Waals surface area contributed by atoms with Crippen LogP contribution in [0.4, 0.5) is 5.82 Å². The Morgan fingerprint density at radius 3 is 2.53 bits per heavy atom. The van der Waals surface area contributed by atoms with Crippen LogP contribution in [0.5, 0.6) is 0 Å². The minimum Gasteiger partial charge on any atom is -0.383 e. The van der Waals surface area contributed by atoms with Gasteiger partial charge in [-0.3, -0.25) is 0 Å². The van der Waals surface area contributed by atoms with Gasteiger partial charge in [0.05, 0.1) is 0 Å². The Bertz CT molecular complexity index is 606. The van der Waals surface area contributed by atoms with Crippen LogP contribution in [0.1, 0.15) is 49.9 Å². The van der Waals surface area contributed by atoms with Crippen molar-refractivity contribution in [3.05, 3.63) is 35.7 Å². The van der Waals surface area contributed by atoms with E-state index in [1.54, 1.807) is 0 Å². The fraction of sp³-hybridized carbons (Fsp3) is 0.438. The van der Waals surface area contributed by atoms with Crippen LogP contribution < -0.4 is 5.73 Å². The quantitative estimate of drug-likeness (QED) is 0.909. The van der Waals surface area contributed by atoms with Gasteiger partial charge in [-0.05, 0) is 24.3 Å². The number of nitrogens with two attached hydrogens (primary N) is 1. The summed E-state index contributed by atoms with van der Waals surface area (Å²) in [5.74, 6) is 2.92. The van der Waals surface area contributed by atoms with Crippen molar-refractivity contribution < 1.29 is 0 Å². The fourth-order valence-electron chi connectivity index (χ4n) is 2.71. The summed E-state index contributed by atoms with van der Waals surface area (Å²) in [4.78, 5) is 4.79. The second kappa shape index (κ2) is 4.41. The molecule has 0 aliphatic heterocycles. The van der Waals surface area contributed by atoms with Crippen LogP contribution in [0.15, 0.2) is 24.3 Å². The molecular formula is C16H21N3. The Hall–Kier alpha value is -1.77. The second-order valence-corrected chi connectivity index (χ2v) is 5.78. The van der Waals surface area contributed by atoms with Crippen LogP contribution in [-0.4, -0.2) is 9.55 Å². The van der Waals surface area contributed by atoms with E-state index in [0.717, 1.165) is 17.3 Å².